The van der Waals surface area contributed by atoms with Crippen LogP contribution in [-0.4, -0.2) is 16.5 Å². The normalized spacial score (nSPS) is 19.9. The number of amides is 1. The van der Waals surface area contributed by atoms with Crippen LogP contribution < -0.4 is 5.32 Å². The van der Waals surface area contributed by atoms with E-state index in [-0.39, 0.29) is 17.5 Å². The van der Waals surface area contributed by atoms with E-state index in [1.54, 1.807) is 6.08 Å². The topological polar surface area (TPSA) is 57.8 Å². The molecule has 1 aliphatic rings. The van der Waals surface area contributed by atoms with E-state index in [0.29, 0.717) is 5.92 Å². The monoisotopic (exact) mass is 439 g/mol. The van der Waals surface area contributed by atoms with Crippen LogP contribution in [0.25, 0.3) is 11.8 Å². The minimum atomic E-state index is -0.269. The van der Waals surface area contributed by atoms with E-state index in [2.05, 4.69) is 38.8 Å². The quantitative estimate of drug-likeness (QED) is 0.507. The third kappa shape index (κ3) is 4.39. The van der Waals surface area contributed by atoms with Crippen molar-refractivity contribution in [3.05, 3.63) is 57.3 Å². The lowest BCUT2D eigenvalue weighted by molar-refractivity contribution is -0.118. The summed E-state index contributed by atoms with van der Waals surface area (Å²) in [5.41, 5.74) is 4.17. The molecule has 1 N–H and O–H groups in total. The number of nitrogens with one attached hydrogen (secondary N) is 1. The molecule has 1 saturated carbocycles. The molecule has 5 heteroatoms. The lowest BCUT2D eigenvalue weighted by Crippen LogP contribution is -2.41. The Bertz CT molecular complexity index is 934. The second-order valence-corrected chi connectivity index (χ2v) is 8.57. The van der Waals surface area contributed by atoms with Crippen molar-refractivity contribution < 1.29 is 4.79 Å². The van der Waals surface area contributed by atoms with Gasteiger partial charge in [0.15, 0.2) is 0 Å². The number of benzene rings is 1. The highest BCUT2D eigenvalue weighted by Crippen LogP contribution is 2.26. The zero-order valence-electron chi connectivity index (χ0n) is 16.6. The molecule has 28 heavy (non-hydrogen) atoms. The van der Waals surface area contributed by atoms with E-state index in [1.165, 1.54) is 6.42 Å². The van der Waals surface area contributed by atoms with Gasteiger partial charge in [0, 0.05) is 27.6 Å². The van der Waals surface area contributed by atoms with Gasteiger partial charge in [0.1, 0.15) is 11.6 Å². The molecule has 1 fully saturated rings. The van der Waals surface area contributed by atoms with E-state index >= 15 is 0 Å². The van der Waals surface area contributed by atoms with Crippen LogP contribution >= 0.6 is 15.9 Å². The van der Waals surface area contributed by atoms with Crippen LogP contribution in [0.2, 0.25) is 0 Å². The predicted molar refractivity (Wildman–Crippen MR) is 116 cm³/mol. The smallest absolute Gasteiger partial charge is 0.262 e. The molecule has 146 valence electrons. The van der Waals surface area contributed by atoms with Crippen molar-refractivity contribution in [3.63, 3.8) is 0 Å². The summed E-state index contributed by atoms with van der Waals surface area (Å²) in [6.45, 7) is 6.21. The molecule has 1 heterocycles. The Morgan fingerprint density at radius 2 is 1.93 bits per heavy atom. The molecule has 2 aromatic rings. The van der Waals surface area contributed by atoms with Crippen molar-refractivity contribution in [3.8, 4) is 11.8 Å². The average molecular weight is 440 g/mol. The molecule has 0 saturated heterocycles. The molecule has 1 aromatic heterocycles. The van der Waals surface area contributed by atoms with Crippen LogP contribution in [0, 0.1) is 31.1 Å². The number of hydrogen-bond acceptors (Lipinski definition) is 2. The van der Waals surface area contributed by atoms with Gasteiger partial charge in [-0.15, -0.1) is 0 Å². The maximum atomic E-state index is 12.7. The maximum absolute atomic E-state index is 12.7. The Balaban J connectivity index is 1.86. The van der Waals surface area contributed by atoms with Gasteiger partial charge in [-0.1, -0.05) is 35.7 Å². The number of carbonyl (C=O) groups is 1. The molecule has 4 nitrogen and oxygen atoms in total. The van der Waals surface area contributed by atoms with E-state index in [1.807, 2.05) is 44.2 Å². The van der Waals surface area contributed by atoms with Gasteiger partial charge in [-0.25, -0.2) is 0 Å². The Labute approximate surface area is 175 Å². The van der Waals surface area contributed by atoms with Crippen molar-refractivity contribution in [1.82, 2.24) is 9.88 Å². The predicted octanol–water partition coefficient (Wildman–Crippen LogP) is 5.46. The summed E-state index contributed by atoms with van der Waals surface area (Å²) in [5.74, 6) is 0.190. The first-order valence-electron chi connectivity index (χ1n) is 9.78. The Morgan fingerprint density at radius 1 is 1.25 bits per heavy atom. The Hall–Kier alpha value is -2.32. The number of halogens is 1. The number of rotatable bonds is 4. The first-order chi connectivity index (χ1) is 13.4. The lowest BCUT2D eigenvalue weighted by Gasteiger charge is -2.29. The molecular formula is C23H26BrN3O. The van der Waals surface area contributed by atoms with E-state index in [9.17, 15) is 10.1 Å². The van der Waals surface area contributed by atoms with Crippen LogP contribution in [0.4, 0.5) is 0 Å². The molecule has 0 spiro atoms. The van der Waals surface area contributed by atoms with Crippen LogP contribution in [0.5, 0.6) is 0 Å². The van der Waals surface area contributed by atoms with Crippen molar-refractivity contribution in [2.75, 3.05) is 0 Å². The van der Waals surface area contributed by atoms with Gasteiger partial charge in [0.25, 0.3) is 5.91 Å². The number of aromatic nitrogens is 1. The first kappa shape index (κ1) is 20.4. The lowest BCUT2D eigenvalue weighted by atomic mass is 9.86. The van der Waals surface area contributed by atoms with E-state index in [4.69, 9.17) is 0 Å². The maximum Gasteiger partial charge on any atom is 0.262 e. The largest absolute Gasteiger partial charge is 0.348 e. The van der Waals surface area contributed by atoms with Crippen molar-refractivity contribution in [1.29, 1.82) is 5.26 Å². The third-order valence-corrected chi connectivity index (χ3v) is 6.18. The summed E-state index contributed by atoms with van der Waals surface area (Å²) in [5, 5.41) is 12.7. The van der Waals surface area contributed by atoms with Crippen LogP contribution in [0.1, 0.15) is 49.6 Å². The molecule has 1 amide bonds. The first-order valence-corrected chi connectivity index (χ1v) is 10.6. The van der Waals surface area contributed by atoms with Crippen LogP contribution in [0.15, 0.2) is 40.4 Å². The van der Waals surface area contributed by atoms with Crippen LogP contribution in [0.3, 0.4) is 0 Å². The highest BCUT2D eigenvalue weighted by Gasteiger charge is 2.24. The molecule has 2 atom stereocenters. The van der Waals surface area contributed by atoms with Crippen molar-refractivity contribution in [2.24, 2.45) is 5.92 Å². The molecule has 0 aliphatic heterocycles. The summed E-state index contributed by atoms with van der Waals surface area (Å²) in [6.07, 6.45) is 6.18. The number of hydrogen-bond donors (Lipinski definition) is 1. The minimum Gasteiger partial charge on any atom is -0.348 e. The van der Waals surface area contributed by atoms with Gasteiger partial charge >= 0.3 is 0 Å². The SMILES string of the molecule is Cc1cc(/C=C(\C#N)C(=O)N[C@H]2CCCC[C@H]2C)c(C)n1-c1ccc(Br)cc1. The zero-order valence-corrected chi connectivity index (χ0v) is 18.2. The molecule has 0 radical (unpaired) electrons. The van der Waals surface area contributed by atoms with Gasteiger partial charge in [-0.2, -0.15) is 5.26 Å². The fourth-order valence-corrected chi connectivity index (χ4v) is 4.27. The van der Waals surface area contributed by atoms with E-state index in [0.717, 1.165) is 46.4 Å². The van der Waals surface area contributed by atoms with Gasteiger partial charge in [0.05, 0.1) is 0 Å². The van der Waals surface area contributed by atoms with Crippen molar-refractivity contribution in [2.45, 2.75) is 52.5 Å². The second kappa shape index (κ2) is 8.79. The van der Waals surface area contributed by atoms with Gasteiger partial charge in [-0.05, 0) is 74.6 Å². The zero-order chi connectivity index (χ0) is 20.3. The Kier molecular flexibility index (Phi) is 6.41. The molecule has 0 unspecified atom stereocenters. The number of carbonyl (C=O) groups excluding carboxylic acids is 1. The highest BCUT2D eigenvalue weighted by atomic mass is 79.9. The van der Waals surface area contributed by atoms with Gasteiger partial charge in [-0.3, -0.25) is 4.79 Å². The number of nitriles is 1. The fraction of sp³-hybridized carbons (Fsp3) is 0.391. The number of nitrogens with zero attached hydrogens (tertiary/aromatic N) is 2. The summed E-state index contributed by atoms with van der Waals surface area (Å²) in [7, 11) is 0. The summed E-state index contributed by atoms with van der Waals surface area (Å²) < 4.78 is 3.16. The summed E-state index contributed by atoms with van der Waals surface area (Å²) >= 11 is 3.46. The molecule has 3 rings (SSSR count). The standard InChI is InChI=1S/C23H26BrN3O/c1-15-6-4-5-7-22(15)26-23(28)19(14-25)13-18-12-16(2)27(17(18)3)21-10-8-20(24)9-11-21/h8-13,15,22H,4-7H2,1-3H3,(H,26,28)/b19-13+/t15-,22+/m1/s1. The fourth-order valence-electron chi connectivity index (χ4n) is 4.00. The highest BCUT2D eigenvalue weighted by molar-refractivity contribution is 9.10. The summed E-state index contributed by atoms with van der Waals surface area (Å²) in [4.78, 5) is 12.7. The molecule has 0 bridgehead atoms. The van der Waals surface area contributed by atoms with Gasteiger partial charge < -0.3 is 9.88 Å². The molecule has 1 aliphatic carbocycles. The average Bonchev–Trinajstić information content (AvgIpc) is 2.95. The van der Waals surface area contributed by atoms with Crippen molar-refractivity contribution >= 4 is 27.9 Å². The third-order valence-electron chi connectivity index (χ3n) is 5.65. The molecule has 1 aromatic carbocycles. The van der Waals surface area contributed by atoms with Crippen LogP contribution in [-0.2, 0) is 4.79 Å². The molecular weight excluding hydrogens is 414 g/mol. The number of aryl methyl sites for hydroxylation is 1. The second-order valence-electron chi connectivity index (χ2n) is 7.65. The van der Waals surface area contributed by atoms with E-state index < -0.39 is 0 Å². The summed E-state index contributed by atoms with van der Waals surface area (Å²) in [6, 6.07) is 12.4. The minimum absolute atomic E-state index is 0.160. The van der Waals surface area contributed by atoms with Gasteiger partial charge in [0.2, 0.25) is 0 Å². The Morgan fingerprint density at radius 3 is 2.57 bits per heavy atom.